The van der Waals surface area contributed by atoms with Gasteiger partial charge in [-0.25, -0.2) is 0 Å². The SMILES string of the molecule is C=C(CCC)CC(F)(F)C(=O)N1CCOCC1. The topological polar surface area (TPSA) is 29.5 Å². The normalized spacial score (nSPS) is 17.0. The maximum Gasteiger partial charge on any atom is 0.328 e. The summed E-state index contributed by atoms with van der Waals surface area (Å²) in [4.78, 5) is 12.8. The van der Waals surface area contributed by atoms with E-state index in [9.17, 15) is 13.6 Å². The Balaban J connectivity index is 2.55. The third-order valence-corrected chi connectivity index (χ3v) is 2.69. The first-order valence-corrected chi connectivity index (χ1v) is 5.89. The smallest absolute Gasteiger partial charge is 0.328 e. The zero-order chi connectivity index (χ0) is 12.9. The third-order valence-electron chi connectivity index (χ3n) is 2.69. The van der Waals surface area contributed by atoms with E-state index in [1.54, 1.807) is 0 Å². The van der Waals surface area contributed by atoms with Gasteiger partial charge in [-0.1, -0.05) is 25.5 Å². The number of halogens is 2. The maximum atomic E-state index is 13.7. The molecule has 0 atom stereocenters. The number of hydrogen-bond acceptors (Lipinski definition) is 2. The maximum absolute atomic E-state index is 13.7. The van der Waals surface area contributed by atoms with Crippen LogP contribution in [0.1, 0.15) is 26.2 Å². The van der Waals surface area contributed by atoms with Crippen LogP contribution >= 0.6 is 0 Å². The van der Waals surface area contributed by atoms with E-state index in [1.807, 2.05) is 6.92 Å². The van der Waals surface area contributed by atoms with Crippen LogP contribution in [0.2, 0.25) is 0 Å². The number of ether oxygens (including phenoxy) is 1. The number of carbonyl (C=O) groups excluding carboxylic acids is 1. The summed E-state index contributed by atoms with van der Waals surface area (Å²) < 4.78 is 32.4. The van der Waals surface area contributed by atoms with Gasteiger partial charge in [0.1, 0.15) is 0 Å². The number of alkyl halides is 2. The summed E-state index contributed by atoms with van der Waals surface area (Å²) in [5, 5.41) is 0. The van der Waals surface area contributed by atoms with Gasteiger partial charge in [-0.2, -0.15) is 8.78 Å². The van der Waals surface area contributed by atoms with Gasteiger partial charge in [0.2, 0.25) is 0 Å². The molecule has 0 bridgehead atoms. The Morgan fingerprint density at radius 2 is 2.00 bits per heavy atom. The van der Waals surface area contributed by atoms with Crippen LogP contribution in [0, 0.1) is 0 Å². The van der Waals surface area contributed by atoms with E-state index in [-0.39, 0.29) is 13.1 Å². The minimum absolute atomic E-state index is 0.245. The Morgan fingerprint density at radius 3 is 2.53 bits per heavy atom. The Hall–Kier alpha value is -0.970. The van der Waals surface area contributed by atoms with Gasteiger partial charge in [0.25, 0.3) is 5.91 Å². The van der Waals surface area contributed by atoms with E-state index in [4.69, 9.17) is 4.74 Å². The Bertz CT molecular complexity index is 286. The average Bonchev–Trinajstić information content (AvgIpc) is 2.28. The number of hydrogen-bond donors (Lipinski definition) is 0. The van der Waals surface area contributed by atoms with Gasteiger partial charge in [-0.15, -0.1) is 0 Å². The van der Waals surface area contributed by atoms with Crippen molar-refractivity contribution in [1.29, 1.82) is 0 Å². The molecule has 17 heavy (non-hydrogen) atoms. The molecular weight excluding hydrogens is 228 g/mol. The number of amides is 1. The molecule has 1 saturated heterocycles. The predicted molar refractivity (Wildman–Crippen MR) is 61.0 cm³/mol. The number of carbonyl (C=O) groups is 1. The first-order valence-electron chi connectivity index (χ1n) is 5.89. The minimum Gasteiger partial charge on any atom is -0.378 e. The number of morpholine rings is 1. The summed E-state index contributed by atoms with van der Waals surface area (Å²) in [5.41, 5.74) is 0.430. The van der Waals surface area contributed by atoms with Crippen molar-refractivity contribution in [3.8, 4) is 0 Å². The molecule has 98 valence electrons. The lowest BCUT2D eigenvalue weighted by atomic mass is 10.0. The van der Waals surface area contributed by atoms with Crippen molar-refractivity contribution in [2.45, 2.75) is 32.1 Å². The lowest BCUT2D eigenvalue weighted by molar-refractivity contribution is -0.161. The highest BCUT2D eigenvalue weighted by Gasteiger charge is 2.42. The molecular formula is C12H19F2NO2. The van der Waals surface area contributed by atoms with Gasteiger partial charge >= 0.3 is 5.92 Å². The second kappa shape index (κ2) is 6.10. The fraction of sp³-hybridized carbons (Fsp3) is 0.750. The molecule has 0 spiro atoms. The predicted octanol–water partition coefficient (Wildman–Crippen LogP) is 2.23. The van der Waals surface area contributed by atoms with E-state index in [0.29, 0.717) is 25.2 Å². The van der Waals surface area contributed by atoms with E-state index < -0.39 is 18.3 Å². The van der Waals surface area contributed by atoms with Gasteiger partial charge in [-0.3, -0.25) is 4.79 Å². The highest BCUT2D eigenvalue weighted by molar-refractivity contribution is 5.83. The number of rotatable bonds is 5. The zero-order valence-electron chi connectivity index (χ0n) is 10.2. The molecule has 1 aliphatic heterocycles. The van der Waals surface area contributed by atoms with Crippen LogP contribution in [0.25, 0.3) is 0 Å². The highest BCUT2D eigenvalue weighted by Crippen LogP contribution is 2.27. The van der Waals surface area contributed by atoms with Crippen LogP contribution in [-0.4, -0.2) is 43.0 Å². The lowest BCUT2D eigenvalue weighted by Crippen LogP contribution is -2.48. The van der Waals surface area contributed by atoms with Crippen LogP contribution in [0.15, 0.2) is 12.2 Å². The minimum atomic E-state index is -3.33. The van der Waals surface area contributed by atoms with Crippen molar-refractivity contribution in [1.82, 2.24) is 4.90 Å². The molecule has 5 heteroatoms. The molecule has 1 fully saturated rings. The summed E-state index contributed by atoms with van der Waals surface area (Å²) in [5.74, 6) is -4.43. The summed E-state index contributed by atoms with van der Waals surface area (Å²) in [6.45, 7) is 6.63. The van der Waals surface area contributed by atoms with Crippen molar-refractivity contribution in [3.63, 3.8) is 0 Å². The van der Waals surface area contributed by atoms with Crippen LogP contribution in [0.5, 0.6) is 0 Å². The highest BCUT2D eigenvalue weighted by atomic mass is 19.3. The monoisotopic (exact) mass is 247 g/mol. The van der Waals surface area contributed by atoms with Crippen molar-refractivity contribution in [2.75, 3.05) is 26.3 Å². The van der Waals surface area contributed by atoms with Crippen molar-refractivity contribution >= 4 is 5.91 Å². The van der Waals surface area contributed by atoms with E-state index in [2.05, 4.69) is 6.58 Å². The molecule has 0 aliphatic carbocycles. The largest absolute Gasteiger partial charge is 0.378 e. The molecule has 0 radical (unpaired) electrons. The third kappa shape index (κ3) is 4.07. The van der Waals surface area contributed by atoms with Gasteiger partial charge in [0.05, 0.1) is 13.2 Å². The second-order valence-corrected chi connectivity index (χ2v) is 4.29. The standard InChI is InChI=1S/C12H19F2NO2/c1-3-4-10(2)9-12(13,14)11(16)15-5-7-17-8-6-15/h2-9H2,1H3. The fourth-order valence-corrected chi connectivity index (χ4v) is 1.83. The molecule has 0 unspecified atom stereocenters. The van der Waals surface area contributed by atoms with Gasteiger partial charge in [0, 0.05) is 19.5 Å². The Kier molecular flexibility index (Phi) is 5.05. The molecule has 1 amide bonds. The summed E-state index contributed by atoms with van der Waals surface area (Å²) in [6.07, 6.45) is 0.754. The first-order chi connectivity index (χ1) is 7.97. The molecule has 3 nitrogen and oxygen atoms in total. The van der Waals surface area contributed by atoms with Crippen molar-refractivity contribution in [3.05, 3.63) is 12.2 Å². The molecule has 0 aromatic heterocycles. The summed E-state index contributed by atoms with van der Waals surface area (Å²) >= 11 is 0. The van der Waals surface area contributed by atoms with Crippen LogP contribution in [0.4, 0.5) is 8.78 Å². The average molecular weight is 247 g/mol. The van der Waals surface area contributed by atoms with E-state index >= 15 is 0 Å². The molecule has 1 rings (SSSR count). The second-order valence-electron chi connectivity index (χ2n) is 4.29. The molecule has 0 aromatic carbocycles. The quantitative estimate of drug-likeness (QED) is 0.697. The first kappa shape index (κ1) is 14.1. The van der Waals surface area contributed by atoms with Gasteiger partial charge < -0.3 is 9.64 Å². The molecule has 1 aliphatic rings. The van der Waals surface area contributed by atoms with Gasteiger partial charge in [0.15, 0.2) is 0 Å². The Morgan fingerprint density at radius 1 is 1.41 bits per heavy atom. The molecule has 0 aromatic rings. The van der Waals surface area contributed by atoms with Gasteiger partial charge in [-0.05, 0) is 6.42 Å². The molecule has 0 saturated carbocycles. The summed E-state index contributed by atoms with van der Waals surface area (Å²) in [6, 6.07) is 0. The number of nitrogens with zero attached hydrogens (tertiary/aromatic N) is 1. The fourth-order valence-electron chi connectivity index (χ4n) is 1.83. The van der Waals surface area contributed by atoms with E-state index in [0.717, 1.165) is 6.42 Å². The summed E-state index contributed by atoms with van der Waals surface area (Å²) in [7, 11) is 0. The zero-order valence-corrected chi connectivity index (χ0v) is 10.2. The van der Waals surface area contributed by atoms with Crippen LogP contribution in [-0.2, 0) is 9.53 Å². The van der Waals surface area contributed by atoms with Crippen molar-refractivity contribution < 1.29 is 18.3 Å². The molecule has 1 heterocycles. The lowest BCUT2D eigenvalue weighted by Gasteiger charge is -2.30. The van der Waals surface area contributed by atoms with Crippen LogP contribution < -0.4 is 0 Å². The van der Waals surface area contributed by atoms with E-state index in [1.165, 1.54) is 4.90 Å². The van der Waals surface area contributed by atoms with Crippen LogP contribution in [0.3, 0.4) is 0 Å². The Labute approximate surface area is 100 Å². The van der Waals surface area contributed by atoms with Crippen molar-refractivity contribution in [2.24, 2.45) is 0 Å². The number of allylic oxidation sites excluding steroid dienone is 1. The molecule has 0 N–H and O–H groups in total.